The van der Waals surface area contributed by atoms with Crippen LogP contribution in [0.4, 0.5) is 0 Å². The fraction of sp³-hybridized carbons (Fsp3) is 0.588. The Hall–Kier alpha value is -1.00. The number of fused-ring (bicyclic) bond motifs is 2. The first kappa shape index (κ1) is 14.9. The topological polar surface area (TPSA) is 24.8 Å². The zero-order chi connectivity index (χ0) is 14.7. The summed E-state index contributed by atoms with van der Waals surface area (Å²) >= 11 is 1.53. The highest BCUT2D eigenvalue weighted by Crippen LogP contribution is 2.36. The van der Waals surface area contributed by atoms with E-state index >= 15 is 0 Å². The third-order valence-corrected chi connectivity index (χ3v) is 5.31. The Morgan fingerprint density at radius 2 is 1.86 bits per heavy atom. The van der Waals surface area contributed by atoms with Gasteiger partial charge in [0.05, 0.1) is 0 Å². The van der Waals surface area contributed by atoms with E-state index in [0.29, 0.717) is 5.23 Å². The fourth-order valence-electron chi connectivity index (χ4n) is 3.64. The lowest BCUT2D eigenvalue weighted by atomic mass is 10.0. The van der Waals surface area contributed by atoms with Gasteiger partial charge >= 0.3 is 0 Å². The molecule has 2 saturated heterocycles. The third kappa shape index (κ3) is 3.43. The Kier molecular flexibility index (Phi) is 4.86. The van der Waals surface area contributed by atoms with Crippen molar-refractivity contribution in [2.24, 2.45) is 4.99 Å². The molecule has 21 heavy (non-hydrogen) atoms. The van der Waals surface area contributed by atoms with Crippen LogP contribution in [0.15, 0.2) is 29.3 Å². The van der Waals surface area contributed by atoms with E-state index < -0.39 is 0 Å². The van der Waals surface area contributed by atoms with E-state index in [4.69, 9.17) is 4.74 Å². The SMILES string of the molecule is C/N=C(/Oc1ccc(CN2[C@@H]3CCC[C@H]2CC3)cc1)SC. The number of piperidine rings is 1. The Balaban J connectivity index is 1.62. The molecule has 2 bridgehead atoms. The second-order valence-corrected chi connectivity index (χ2v) is 6.69. The molecule has 1 aromatic rings. The smallest absolute Gasteiger partial charge is 0.250 e. The first-order chi connectivity index (χ1) is 10.3. The maximum atomic E-state index is 5.71. The van der Waals surface area contributed by atoms with Crippen LogP contribution in [0.3, 0.4) is 0 Å². The van der Waals surface area contributed by atoms with Crippen molar-refractivity contribution in [3.63, 3.8) is 0 Å². The first-order valence-electron chi connectivity index (χ1n) is 7.83. The lowest BCUT2D eigenvalue weighted by Crippen LogP contribution is -2.38. The van der Waals surface area contributed by atoms with Crippen LogP contribution in [0.2, 0.25) is 0 Å². The summed E-state index contributed by atoms with van der Waals surface area (Å²) in [5.74, 6) is 0.871. The van der Waals surface area contributed by atoms with E-state index in [1.807, 2.05) is 6.26 Å². The molecule has 3 rings (SSSR count). The highest BCUT2D eigenvalue weighted by Gasteiger charge is 2.35. The number of aliphatic imine (C=N–C) groups is 1. The van der Waals surface area contributed by atoms with Crippen molar-refractivity contribution in [3.05, 3.63) is 29.8 Å². The van der Waals surface area contributed by atoms with Crippen molar-refractivity contribution in [1.29, 1.82) is 0 Å². The number of hydrogen-bond donors (Lipinski definition) is 0. The van der Waals surface area contributed by atoms with Crippen molar-refractivity contribution in [2.75, 3.05) is 13.3 Å². The van der Waals surface area contributed by atoms with Crippen LogP contribution >= 0.6 is 11.8 Å². The molecule has 3 nitrogen and oxygen atoms in total. The molecule has 114 valence electrons. The maximum Gasteiger partial charge on any atom is 0.250 e. The predicted octanol–water partition coefficient (Wildman–Crippen LogP) is 3.93. The van der Waals surface area contributed by atoms with Crippen LogP contribution in [0.1, 0.15) is 37.7 Å². The summed E-state index contributed by atoms with van der Waals surface area (Å²) < 4.78 is 5.71. The van der Waals surface area contributed by atoms with Gasteiger partial charge in [-0.05, 0) is 49.6 Å². The molecule has 0 aliphatic carbocycles. The van der Waals surface area contributed by atoms with Gasteiger partial charge in [0.1, 0.15) is 5.75 Å². The molecule has 2 atom stereocenters. The minimum atomic E-state index is 0.705. The zero-order valence-corrected chi connectivity index (χ0v) is 13.7. The van der Waals surface area contributed by atoms with Crippen LogP contribution < -0.4 is 4.74 Å². The highest BCUT2D eigenvalue weighted by atomic mass is 32.2. The lowest BCUT2D eigenvalue weighted by molar-refractivity contribution is 0.132. The Morgan fingerprint density at radius 1 is 1.19 bits per heavy atom. The van der Waals surface area contributed by atoms with E-state index in [9.17, 15) is 0 Å². The summed E-state index contributed by atoms with van der Waals surface area (Å²) in [6.07, 6.45) is 8.98. The van der Waals surface area contributed by atoms with Gasteiger partial charge in [0, 0.05) is 25.7 Å². The van der Waals surface area contributed by atoms with Crippen LogP contribution in [-0.2, 0) is 6.54 Å². The van der Waals surface area contributed by atoms with E-state index in [0.717, 1.165) is 24.4 Å². The lowest BCUT2D eigenvalue weighted by Gasteiger charge is -2.34. The minimum Gasteiger partial charge on any atom is -0.434 e. The summed E-state index contributed by atoms with van der Waals surface area (Å²) in [5, 5.41) is 0.705. The standard InChI is InChI=1S/C17H24N2OS/c1-18-17(21-2)20-16-10-6-13(7-11-16)12-19-14-4-3-5-15(19)9-8-14/h6-7,10-11,14-15H,3-5,8-9,12H2,1-2H3/b18-17-/t14-,15+. The zero-order valence-electron chi connectivity index (χ0n) is 12.9. The number of rotatable bonds is 3. The molecule has 2 aliphatic rings. The third-order valence-electron chi connectivity index (χ3n) is 4.70. The number of hydrogen-bond acceptors (Lipinski definition) is 4. The van der Waals surface area contributed by atoms with Crippen LogP contribution in [0, 0.1) is 0 Å². The summed E-state index contributed by atoms with van der Waals surface area (Å²) in [6.45, 7) is 1.09. The molecule has 0 spiro atoms. The summed E-state index contributed by atoms with van der Waals surface area (Å²) in [7, 11) is 1.76. The van der Waals surface area contributed by atoms with E-state index in [1.54, 1.807) is 7.05 Å². The molecule has 2 heterocycles. The van der Waals surface area contributed by atoms with Crippen LogP contribution in [0.25, 0.3) is 0 Å². The first-order valence-corrected chi connectivity index (χ1v) is 9.06. The van der Waals surface area contributed by atoms with Gasteiger partial charge in [-0.25, -0.2) is 4.99 Å². The largest absolute Gasteiger partial charge is 0.434 e. The van der Waals surface area contributed by atoms with Crippen molar-refractivity contribution in [2.45, 2.75) is 50.7 Å². The average molecular weight is 304 g/mol. The minimum absolute atomic E-state index is 0.705. The molecule has 1 aromatic carbocycles. The number of benzene rings is 1. The number of thioether (sulfide) groups is 1. The molecule has 0 N–H and O–H groups in total. The number of nitrogens with zero attached hydrogens (tertiary/aromatic N) is 2. The molecule has 2 aliphatic heterocycles. The van der Waals surface area contributed by atoms with Gasteiger partial charge in [-0.2, -0.15) is 0 Å². The highest BCUT2D eigenvalue weighted by molar-refractivity contribution is 8.13. The molecular weight excluding hydrogens is 280 g/mol. The average Bonchev–Trinajstić information content (AvgIpc) is 2.75. The molecule has 0 aromatic heterocycles. The fourth-order valence-corrected chi connectivity index (χ4v) is 4.00. The molecule has 2 fully saturated rings. The molecule has 0 saturated carbocycles. The molecule has 4 heteroatoms. The molecule has 0 unspecified atom stereocenters. The van der Waals surface area contributed by atoms with Gasteiger partial charge in [-0.15, -0.1) is 0 Å². The quantitative estimate of drug-likeness (QED) is 0.625. The second kappa shape index (κ2) is 6.84. The van der Waals surface area contributed by atoms with E-state index in [1.165, 1.54) is 49.4 Å². The Bertz CT molecular complexity index is 484. The maximum absolute atomic E-state index is 5.71. The van der Waals surface area contributed by atoms with Crippen molar-refractivity contribution < 1.29 is 4.74 Å². The molecular formula is C17H24N2OS. The summed E-state index contributed by atoms with van der Waals surface area (Å²) in [5.41, 5.74) is 1.39. The van der Waals surface area contributed by atoms with Gasteiger partial charge in [-0.3, -0.25) is 4.90 Å². The molecule has 0 radical (unpaired) electrons. The normalized spacial score (nSPS) is 26.1. The van der Waals surface area contributed by atoms with Gasteiger partial charge in [0.25, 0.3) is 5.23 Å². The Morgan fingerprint density at radius 3 is 2.43 bits per heavy atom. The van der Waals surface area contributed by atoms with Gasteiger partial charge < -0.3 is 4.74 Å². The van der Waals surface area contributed by atoms with Crippen molar-refractivity contribution in [3.8, 4) is 5.75 Å². The Labute approximate surface area is 131 Å². The summed E-state index contributed by atoms with van der Waals surface area (Å²) in [4.78, 5) is 6.82. The number of ether oxygens (including phenoxy) is 1. The van der Waals surface area contributed by atoms with Crippen LogP contribution in [0.5, 0.6) is 5.75 Å². The molecule has 0 amide bonds. The van der Waals surface area contributed by atoms with Crippen molar-refractivity contribution in [1.82, 2.24) is 4.90 Å². The summed E-state index contributed by atoms with van der Waals surface area (Å²) in [6, 6.07) is 10.2. The van der Waals surface area contributed by atoms with Crippen LogP contribution in [-0.4, -0.2) is 35.5 Å². The second-order valence-electron chi connectivity index (χ2n) is 5.93. The van der Waals surface area contributed by atoms with E-state index in [2.05, 4.69) is 34.2 Å². The van der Waals surface area contributed by atoms with Gasteiger partial charge in [0.2, 0.25) is 0 Å². The monoisotopic (exact) mass is 304 g/mol. The van der Waals surface area contributed by atoms with Gasteiger partial charge in [0.15, 0.2) is 0 Å². The van der Waals surface area contributed by atoms with Gasteiger partial charge in [-0.1, -0.05) is 30.3 Å². The van der Waals surface area contributed by atoms with Crippen molar-refractivity contribution >= 4 is 17.0 Å². The predicted molar refractivity (Wildman–Crippen MR) is 90.1 cm³/mol. The van der Waals surface area contributed by atoms with E-state index in [-0.39, 0.29) is 0 Å².